The first kappa shape index (κ1) is 13.2. The summed E-state index contributed by atoms with van der Waals surface area (Å²) in [4.78, 5) is 23.3. The van der Waals surface area contributed by atoms with Gasteiger partial charge in [0.15, 0.2) is 0 Å². The van der Waals surface area contributed by atoms with Gasteiger partial charge in [0.25, 0.3) is 0 Å². The Morgan fingerprint density at radius 2 is 1.84 bits per heavy atom. The van der Waals surface area contributed by atoms with Crippen LogP contribution in [0.2, 0.25) is 0 Å². The molecule has 19 heavy (non-hydrogen) atoms. The van der Waals surface area contributed by atoms with Gasteiger partial charge in [0.05, 0.1) is 13.0 Å². The minimum atomic E-state index is -1.08. The standard InChI is InChI=1S/C13H15NO5/c1-19-9-4-2-8(3-5-9)10-6-14(13(17)18)7-11(10)12(15)16/h2-5,10-11H,6-7H2,1H3,(H,15,16)(H,17,18). The second-order valence-corrected chi connectivity index (χ2v) is 4.51. The van der Waals surface area contributed by atoms with E-state index >= 15 is 0 Å². The van der Waals surface area contributed by atoms with E-state index in [0.717, 1.165) is 10.5 Å². The van der Waals surface area contributed by atoms with E-state index < -0.39 is 18.0 Å². The Labute approximate surface area is 110 Å². The number of carboxylic acids is 1. The summed E-state index contributed by atoms with van der Waals surface area (Å²) >= 11 is 0. The Bertz CT molecular complexity index is 484. The molecule has 1 saturated heterocycles. The number of hydrogen-bond donors (Lipinski definition) is 2. The Morgan fingerprint density at radius 3 is 2.32 bits per heavy atom. The molecule has 0 bridgehead atoms. The molecular formula is C13H15NO5. The molecule has 102 valence electrons. The number of carbonyl (C=O) groups is 2. The van der Waals surface area contributed by atoms with Gasteiger partial charge in [-0.05, 0) is 17.7 Å². The molecule has 1 aromatic rings. The van der Waals surface area contributed by atoms with E-state index in [1.165, 1.54) is 0 Å². The van der Waals surface area contributed by atoms with Crippen LogP contribution in [0.3, 0.4) is 0 Å². The number of ether oxygens (including phenoxy) is 1. The van der Waals surface area contributed by atoms with Crippen LogP contribution in [-0.4, -0.2) is 47.4 Å². The molecule has 2 atom stereocenters. The Hall–Kier alpha value is -2.24. The maximum absolute atomic E-state index is 11.2. The number of amides is 1. The highest BCUT2D eigenvalue weighted by Crippen LogP contribution is 2.33. The lowest BCUT2D eigenvalue weighted by Gasteiger charge is -2.15. The summed E-state index contributed by atoms with van der Waals surface area (Å²) in [5.74, 6) is -1.31. The molecule has 1 aromatic carbocycles. The number of benzene rings is 1. The van der Waals surface area contributed by atoms with Gasteiger partial charge >= 0.3 is 12.1 Å². The average molecular weight is 265 g/mol. The van der Waals surface area contributed by atoms with Gasteiger partial charge in [-0.25, -0.2) is 4.79 Å². The Kier molecular flexibility index (Phi) is 3.59. The molecule has 6 heteroatoms. The summed E-state index contributed by atoms with van der Waals surface area (Å²) in [5, 5.41) is 18.2. The van der Waals surface area contributed by atoms with Crippen LogP contribution < -0.4 is 4.74 Å². The molecule has 6 nitrogen and oxygen atoms in total. The summed E-state index contributed by atoms with van der Waals surface area (Å²) in [7, 11) is 1.55. The number of nitrogens with zero attached hydrogens (tertiary/aromatic N) is 1. The average Bonchev–Trinajstić information content (AvgIpc) is 2.84. The topological polar surface area (TPSA) is 87.1 Å². The monoisotopic (exact) mass is 265 g/mol. The molecule has 1 aliphatic heterocycles. The smallest absolute Gasteiger partial charge is 0.407 e. The van der Waals surface area contributed by atoms with E-state index in [2.05, 4.69) is 0 Å². The molecule has 0 aromatic heterocycles. The lowest BCUT2D eigenvalue weighted by molar-refractivity contribution is -0.141. The fourth-order valence-electron chi connectivity index (χ4n) is 2.40. The number of methoxy groups -OCH3 is 1. The fourth-order valence-corrected chi connectivity index (χ4v) is 2.40. The van der Waals surface area contributed by atoms with Crippen molar-refractivity contribution < 1.29 is 24.5 Å². The van der Waals surface area contributed by atoms with Gasteiger partial charge in [-0.1, -0.05) is 12.1 Å². The molecule has 1 heterocycles. The minimum absolute atomic E-state index is 0.0291. The summed E-state index contributed by atoms with van der Waals surface area (Å²) < 4.78 is 5.04. The van der Waals surface area contributed by atoms with E-state index in [0.29, 0.717) is 5.75 Å². The molecule has 0 spiro atoms. The zero-order valence-electron chi connectivity index (χ0n) is 10.4. The van der Waals surface area contributed by atoms with Gasteiger partial charge < -0.3 is 19.8 Å². The van der Waals surface area contributed by atoms with Crippen molar-refractivity contribution in [3.8, 4) is 5.75 Å². The van der Waals surface area contributed by atoms with Gasteiger partial charge in [0.1, 0.15) is 5.75 Å². The SMILES string of the molecule is COc1ccc(C2CN(C(=O)O)CC2C(=O)O)cc1. The Morgan fingerprint density at radius 1 is 1.21 bits per heavy atom. The predicted molar refractivity (Wildman–Crippen MR) is 66.5 cm³/mol. The molecule has 0 saturated carbocycles. The zero-order chi connectivity index (χ0) is 14.0. The third-order valence-corrected chi connectivity index (χ3v) is 3.45. The first-order chi connectivity index (χ1) is 9.02. The van der Waals surface area contributed by atoms with Crippen molar-refractivity contribution in [2.24, 2.45) is 5.92 Å². The molecule has 2 unspecified atom stereocenters. The van der Waals surface area contributed by atoms with Crippen molar-refractivity contribution in [1.29, 1.82) is 0 Å². The van der Waals surface area contributed by atoms with E-state index in [-0.39, 0.29) is 19.0 Å². The summed E-state index contributed by atoms with van der Waals surface area (Å²) in [6.07, 6.45) is -1.08. The quantitative estimate of drug-likeness (QED) is 0.864. The van der Waals surface area contributed by atoms with Crippen LogP contribution in [0, 0.1) is 5.92 Å². The van der Waals surface area contributed by atoms with E-state index in [9.17, 15) is 14.7 Å². The molecule has 1 fully saturated rings. The highest BCUT2D eigenvalue weighted by Gasteiger charge is 2.40. The van der Waals surface area contributed by atoms with Gasteiger partial charge in [-0.2, -0.15) is 0 Å². The molecule has 1 aliphatic rings. The highest BCUT2D eigenvalue weighted by molar-refractivity contribution is 5.75. The largest absolute Gasteiger partial charge is 0.497 e. The van der Waals surface area contributed by atoms with Gasteiger partial charge in [-0.15, -0.1) is 0 Å². The summed E-state index contributed by atoms with van der Waals surface area (Å²) in [6, 6.07) is 7.06. The van der Waals surface area contributed by atoms with Crippen LogP contribution in [0.5, 0.6) is 5.75 Å². The van der Waals surface area contributed by atoms with E-state index in [1.54, 1.807) is 31.4 Å². The van der Waals surface area contributed by atoms with Crippen LogP contribution in [0.4, 0.5) is 4.79 Å². The maximum atomic E-state index is 11.2. The van der Waals surface area contributed by atoms with Crippen molar-refractivity contribution >= 4 is 12.1 Å². The molecule has 2 rings (SSSR count). The minimum Gasteiger partial charge on any atom is -0.497 e. The van der Waals surface area contributed by atoms with Crippen LogP contribution >= 0.6 is 0 Å². The highest BCUT2D eigenvalue weighted by atomic mass is 16.5. The molecular weight excluding hydrogens is 250 g/mol. The number of carboxylic acid groups (broad SMARTS) is 2. The lowest BCUT2D eigenvalue weighted by atomic mass is 9.89. The third kappa shape index (κ3) is 2.62. The lowest BCUT2D eigenvalue weighted by Crippen LogP contribution is -2.28. The van der Waals surface area contributed by atoms with Crippen molar-refractivity contribution in [1.82, 2.24) is 4.90 Å². The summed E-state index contributed by atoms with van der Waals surface area (Å²) in [5.41, 5.74) is 0.817. The van der Waals surface area contributed by atoms with Crippen molar-refractivity contribution in [3.05, 3.63) is 29.8 Å². The first-order valence-corrected chi connectivity index (χ1v) is 5.87. The second kappa shape index (κ2) is 5.17. The number of rotatable bonds is 3. The molecule has 0 aliphatic carbocycles. The van der Waals surface area contributed by atoms with Crippen LogP contribution in [-0.2, 0) is 4.79 Å². The van der Waals surface area contributed by atoms with Crippen LogP contribution in [0.25, 0.3) is 0 Å². The van der Waals surface area contributed by atoms with Crippen LogP contribution in [0.15, 0.2) is 24.3 Å². The third-order valence-electron chi connectivity index (χ3n) is 3.45. The van der Waals surface area contributed by atoms with Crippen LogP contribution in [0.1, 0.15) is 11.5 Å². The molecule has 1 amide bonds. The molecule has 0 radical (unpaired) electrons. The van der Waals surface area contributed by atoms with E-state index in [1.807, 2.05) is 0 Å². The first-order valence-electron chi connectivity index (χ1n) is 5.87. The Balaban J connectivity index is 2.24. The number of hydrogen-bond acceptors (Lipinski definition) is 3. The summed E-state index contributed by atoms with van der Waals surface area (Å²) in [6.45, 7) is 0.236. The molecule has 2 N–H and O–H groups in total. The number of likely N-dealkylation sites (tertiary alicyclic amines) is 1. The van der Waals surface area contributed by atoms with E-state index in [4.69, 9.17) is 9.84 Å². The fraction of sp³-hybridized carbons (Fsp3) is 0.385. The zero-order valence-corrected chi connectivity index (χ0v) is 10.4. The van der Waals surface area contributed by atoms with Gasteiger partial charge in [0.2, 0.25) is 0 Å². The normalized spacial score (nSPS) is 22.3. The second-order valence-electron chi connectivity index (χ2n) is 4.51. The van der Waals surface area contributed by atoms with Gasteiger partial charge in [0, 0.05) is 19.0 Å². The van der Waals surface area contributed by atoms with Gasteiger partial charge in [-0.3, -0.25) is 4.79 Å². The van der Waals surface area contributed by atoms with Crippen molar-refractivity contribution in [2.75, 3.05) is 20.2 Å². The van der Waals surface area contributed by atoms with Crippen molar-refractivity contribution in [3.63, 3.8) is 0 Å². The maximum Gasteiger partial charge on any atom is 0.407 e. The number of aliphatic carboxylic acids is 1. The van der Waals surface area contributed by atoms with Crippen molar-refractivity contribution in [2.45, 2.75) is 5.92 Å². The predicted octanol–water partition coefficient (Wildman–Crippen LogP) is 1.47.